The molecule has 1 aromatic heterocycles. The molecule has 18 heavy (non-hydrogen) atoms. The molecule has 0 aliphatic heterocycles. The number of fused-ring (bicyclic) bond motifs is 1. The van der Waals surface area contributed by atoms with Crippen LogP contribution in [0.1, 0.15) is 13.8 Å². The van der Waals surface area contributed by atoms with Gasteiger partial charge in [0, 0.05) is 18.7 Å². The number of hydrogen-bond acceptors (Lipinski definition) is 4. The summed E-state index contributed by atoms with van der Waals surface area (Å²) < 4.78 is 5.17. The van der Waals surface area contributed by atoms with Crippen LogP contribution in [0.25, 0.3) is 10.8 Å². The highest BCUT2D eigenvalue weighted by Crippen LogP contribution is 2.27. The normalized spacial score (nSPS) is 11.7. The fourth-order valence-electron chi connectivity index (χ4n) is 1.97. The van der Waals surface area contributed by atoms with Crippen molar-refractivity contribution in [2.24, 2.45) is 0 Å². The Bertz CT molecular complexity index is 552. The van der Waals surface area contributed by atoms with Crippen molar-refractivity contribution in [3.63, 3.8) is 0 Å². The van der Waals surface area contributed by atoms with E-state index in [0.29, 0.717) is 6.61 Å². The van der Waals surface area contributed by atoms with Crippen molar-refractivity contribution in [1.29, 1.82) is 0 Å². The summed E-state index contributed by atoms with van der Waals surface area (Å²) in [5.74, 6) is 0.994. The third kappa shape index (κ3) is 2.71. The van der Waals surface area contributed by atoms with Crippen LogP contribution in [0.4, 0.5) is 5.82 Å². The number of nitrogens with zero attached hydrogens (tertiary/aromatic N) is 1. The van der Waals surface area contributed by atoms with Gasteiger partial charge in [-0.05, 0) is 37.4 Å². The monoisotopic (exact) mass is 246 g/mol. The quantitative estimate of drug-likeness (QED) is 0.871. The third-order valence-electron chi connectivity index (χ3n) is 2.71. The van der Waals surface area contributed by atoms with Crippen molar-refractivity contribution in [1.82, 2.24) is 4.98 Å². The Balaban J connectivity index is 2.41. The SMILES string of the molecule is COCC(C)(C)Nc1nccc2ccc(O)cc12. The molecule has 2 aromatic rings. The smallest absolute Gasteiger partial charge is 0.134 e. The number of anilines is 1. The Labute approximate surface area is 107 Å². The highest BCUT2D eigenvalue weighted by molar-refractivity contribution is 5.92. The van der Waals surface area contributed by atoms with Crippen molar-refractivity contribution in [3.05, 3.63) is 30.5 Å². The van der Waals surface area contributed by atoms with Crippen LogP contribution in [0.3, 0.4) is 0 Å². The van der Waals surface area contributed by atoms with E-state index in [1.165, 1.54) is 0 Å². The van der Waals surface area contributed by atoms with E-state index >= 15 is 0 Å². The molecule has 0 aliphatic rings. The standard InChI is InChI=1S/C14H18N2O2/c1-14(2,9-18-3)16-13-12-8-11(17)5-4-10(12)6-7-15-13/h4-8,17H,9H2,1-3H3,(H,15,16). The maximum absolute atomic E-state index is 9.58. The number of ether oxygens (including phenoxy) is 1. The number of phenolic OH excluding ortho intramolecular Hbond substituents is 1. The first kappa shape index (κ1) is 12.6. The van der Waals surface area contributed by atoms with Crippen LogP contribution in [0.15, 0.2) is 30.5 Å². The molecule has 2 N–H and O–H groups in total. The van der Waals surface area contributed by atoms with E-state index in [9.17, 15) is 5.11 Å². The molecule has 0 bridgehead atoms. The summed E-state index contributed by atoms with van der Waals surface area (Å²) in [4.78, 5) is 4.34. The summed E-state index contributed by atoms with van der Waals surface area (Å²) >= 11 is 0. The second kappa shape index (κ2) is 4.82. The Hall–Kier alpha value is -1.81. The fourth-order valence-corrected chi connectivity index (χ4v) is 1.97. The van der Waals surface area contributed by atoms with Gasteiger partial charge < -0.3 is 15.2 Å². The minimum absolute atomic E-state index is 0.221. The lowest BCUT2D eigenvalue weighted by Gasteiger charge is -2.26. The number of aromatic hydroxyl groups is 1. The Morgan fingerprint density at radius 1 is 1.33 bits per heavy atom. The molecule has 0 fully saturated rings. The average molecular weight is 246 g/mol. The summed E-state index contributed by atoms with van der Waals surface area (Å²) in [6.07, 6.45) is 1.75. The molecule has 1 heterocycles. The molecule has 0 saturated carbocycles. The van der Waals surface area contributed by atoms with Gasteiger partial charge in [0.2, 0.25) is 0 Å². The second-order valence-electron chi connectivity index (χ2n) is 5.01. The predicted molar refractivity (Wildman–Crippen MR) is 73.0 cm³/mol. The average Bonchev–Trinajstić information content (AvgIpc) is 2.29. The Morgan fingerprint density at radius 2 is 2.11 bits per heavy atom. The molecule has 0 atom stereocenters. The molecule has 0 radical (unpaired) electrons. The lowest BCUT2D eigenvalue weighted by Crippen LogP contribution is -2.36. The maximum Gasteiger partial charge on any atom is 0.134 e. The number of phenols is 1. The first-order valence-corrected chi connectivity index (χ1v) is 5.87. The zero-order valence-electron chi connectivity index (χ0n) is 10.9. The van der Waals surface area contributed by atoms with Crippen LogP contribution in [0.5, 0.6) is 5.75 Å². The summed E-state index contributed by atoms with van der Waals surface area (Å²) in [5, 5.41) is 14.9. The van der Waals surface area contributed by atoms with Gasteiger partial charge in [-0.15, -0.1) is 0 Å². The molecule has 96 valence electrons. The Morgan fingerprint density at radius 3 is 2.83 bits per heavy atom. The van der Waals surface area contributed by atoms with Crippen molar-refractivity contribution in [3.8, 4) is 5.75 Å². The van der Waals surface area contributed by atoms with E-state index < -0.39 is 0 Å². The number of rotatable bonds is 4. The van der Waals surface area contributed by atoms with Gasteiger partial charge in [0.25, 0.3) is 0 Å². The molecule has 0 unspecified atom stereocenters. The fraction of sp³-hybridized carbons (Fsp3) is 0.357. The lowest BCUT2D eigenvalue weighted by molar-refractivity contribution is 0.158. The van der Waals surface area contributed by atoms with E-state index in [-0.39, 0.29) is 11.3 Å². The molecule has 0 spiro atoms. The van der Waals surface area contributed by atoms with Crippen LogP contribution in [-0.4, -0.2) is 29.3 Å². The van der Waals surface area contributed by atoms with Gasteiger partial charge in [-0.25, -0.2) is 4.98 Å². The molecule has 0 saturated heterocycles. The van der Waals surface area contributed by atoms with Gasteiger partial charge in [0.15, 0.2) is 0 Å². The van der Waals surface area contributed by atoms with E-state index in [2.05, 4.69) is 10.3 Å². The molecule has 4 nitrogen and oxygen atoms in total. The first-order valence-electron chi connectivity index (χ1n) is 5.87. The molecule has 2 rings (SSSR count). The Kier molecular flexibility index (Phi) is 3.39. The van der Waals surface area contributed by atoms with Gasteiger partial charge in [-0.1, -0.05) is 6.07 Å². The molecular weight excluding hydrogens is 228 g/mol. The topological polar surface area (TPSA) is 54.4 Å². The second-order valence-corrected chi connectivity index (χ2v) is 5.01. The maximum atomic E-state index is 9.58. The minimum Gasteiger partial charge on any atom is -0.508 e. The summed E-state index contributed by atoms with van der Waals surface area (Å²) in [7, 11) is 1.67. The highest BCUT2D eigenvalue weighted by Gasteiger charge is 2.18. The van der Waals surface area contributed by atoms with Crippen LogP contribution >= 0.6 is 0 Å². The van der Waals surface area contributed by atoms with Crippen molar-refractivity contribution in [2.45, 2.75) is 19.4 Å². The van der Waals surface area contributed by atoms with Gasteiger partial charge in [0.1, 0.15) is 11.6 Å². The van der Waals surface area contributed by atoms with Crippen molar-refractivity contribution in [2.75, 3.05) is 19.0 Å². The predicted octanol–water partition coefficient (Wildman–Crippen LogP) is 2.78. The van der Waals surface area contributed by atoms with Gasteiger partial charge in [-0.2, -0.15) is 0 Å². The van der Waals surface area contributed by atoms with E-state index in [1.54, 1.807) is 25.4 Å². The number of methoxy groups -OCH3 is 1. The number of aromatic nitrogens is 1. The number of nitrogens with one attached hydrogen (secondary N) is 1. The zero-order valence-corrected chi connectivity index (χ0v) is 10.9. The van der Waals surface area contributed by atoms with E-state index in [1.807, 2.05) is 26.0 Å². The first-order chi connectivity index (χ1) is 8.52. The highest BCUT2D eigenvalue weighted by atomic mass is 16.5. The van der Waals surface area contributed by atoms with E-state index in [0.717, 1.165) is 16.6 Å². The van der Waals surface area contributed by atoms with Gasteiger partial charge in [0.05, 0.1) is 12.1 Å². The van der Waals surface area contributed by atoms with E-state index in [4.69, 9.17) is 4.74 Å². The summed E-state index contributed by atoms with van der Waals surface area (Å²) in [5.41, 5.74) is -0.221. The number of hydrogen-bond donors (Lipinski definition) is 2. The third-order valence-corrected chi connectivity index (χ3v) is 2.71. The van der Waals surface area contributed by atoms with Crippen LogP contribution in [0.2, 0.25) is 0 Å². The molecule has 0 aliphatic carbocycles. The molecule has 0 amide bonds. The number of benzene rings is 1. The van der Waals surface area contributed by atoms with Gasteiger partial charge >= 0.3 is 0 Å². The lowest BCUT2D eigenvalue weighted by atomic mass is 10.1. The van der Waals surface area contributed by atoms with Gasteiger partial charge in [-0.3, -0.25) is 0 Å². The summed E-state index contributed by atoms with van der Waals surface area (Å²) in [6.45, 7) is 4.66. The zero-order chi connectivity index (χ0) is 13.2. The molecule has 4 heteroatoms. The van der Waals surface area contributed by atoms with Crippen LogP contribution in [0, 0.1) is 0 Å². The number of pyridine rings is 1. The van der Waals surface area contributed by atoms with Crippen LogP contribution in [-0.2, 0) is 4.74 Å². The minimum atomic E-state index is -0.221. The molecule has 1 aromatic carbocycles. The summed E-state index contributed by atoms with van der Waals surface area (Å²) in [6, 6.07) is 7.18. The van der Waals surface area contributed by atoms with Crippen LogP contribution < -0.4 is 5.32 Å². The van der Waals surface area contributed by atoms with Crippen molar-refractivity contribution >= 4 is 16.6 Å². The largest absolute Gasteiger partial charge is 0.508 e. The van der Waals surface area contributed by atoms with Crippen molar-refractivity contribution < 1.29 is 9.84 Å². The molecular formula is C14H18N2O2.